The van der Waals surface area contributed by atoms with Gasteiger partial charge in [-0.15, -0.1) is 0 Å². The molecule has 5 heteroatoms. The van der Waals surface area contributed by atoms with Gasteiger partial charge in [-0.05, 0) is 31.4 Å². The molecule has 0 amide bonds. The molecule has 1 aromatic heterocycles. The molecule has 0 atom stereocenters. The second kappa shape index (κ2) is 4.50. The van der Waals surface area contributed by atoms with Gasteiger partial charge in [-0.3, -0.25) is 0 Å². The number of rotatable bonds is 3. The molecule has 3 rings (SSSR count). The summed E-state index contributed by atoms with van der Waals surface area (Å²) in [5, 5.41) is 0. The van der Waals surface area contributed by atoms with Gasteiger partial charge in [-0.2, -0.15) is 4.98 Å². The molecular formula is C14H14FN3O. The van der Waals surface area contributed by atoms with Crippen molar-refractivity contribution in [3.63, 3.8) is 0 Å². The van der Waals surface area contributed by atoms with Gasteiger partial charge in [0.1, 0.15) is 11.6 Å². The Balaban J connectivity index is 1.92. The molecule has 0 spiro atoms. The smallest absolute Gasteiger partial charge is 0.224 e. The zero-order valence-corrected chi connectivity index (χ0v) is 10.6. The third-order valence-electron chi connectivity index (χ3n) is 3.05. The lowest BCUT2D eigenvalue weighted by Crippen LogP contribution is -2.01. The summed E-state index contributed by atoms with van der Waals surface area (Å²) in [7, 11) is 0. The third kappa shape index (κ3) is 2.50. The van der Waals surface area contributed by atoms with Crippen molar-refractivity contribution in [3.05, 3.63) is 41.5 Å². The largest absolute Gasteiger partial charge is 0.436 e. The van der Waals surface area contributed by atoms with Crippen LogP contribution in [0.15, 0.2) is 24.3 Å². The van der Waals surface area contributed by atoms with E-state index >= 15 is 0 Å². The summed E-state index contributed by atoms with van der Waals surface area (Å²) in [6, 6.07) is 6.50. The second-order valence-corrected chi connectivity index (χ2v) is 4.75. The van der Waals surface area contributed by atoms with Crippen molar-refractivity contribution < 1.29 is 9.13 Å². The fourth-order valence-corrected chi connectivity index (χ4v) is 1.85. The Kier molecular flexibility index (Phi) is 2.81. The highest BCUT2D eigenvalue weighted by atomic mass is 19.1. The summed E-state index contributed by atoms with van der Waals surface area (Å²) in [5.41, 5.74) is 6.25. The van der Waals surface area contributed by atoms with Crippen LogP contribution in [-0.2, 0) is 0 Å². The van der Waals surface area contributed by atoms with Crippen LogP contribution in [0.5, 0.6) is 11.6 Å². The van der Waals surface area contributed by atoms with Crippen LogP contribution in [0.4, 0.5) is 10.2 Å². The van der Waals surface area contributed by atoms with E-state index in [1.807, 2.05) is 0 Å². The molecule has 1 aromatic carbocycles. The summed E-state index contributed by atoms with van der Waals surface area (Å²) in [6.45, 7) is 1.69. The molecule has 1 heterocycles. The molecule has 1 aliphatic rings. The summed E-state index contributed by atoms with van der Waals surface area (Å²) >= 11 is 0. The number of aromatic nitrogens is 2. The van der Waals surface area contributed by atoms with E-state index in [4.69, 9.17) is 10.5 Å². The molecule has 0 saturated heterocycles. The van der Waals surface area contributed by atoms with Gasteiger partial charge in [0, 0.05) is 12.0 Å². The maximum atomic E-state index is 13.9. The van der Waals surface area contributed by atoms with Crippen LogP contribution < -0.4 is 10.5 Å². The highest BCUT2D eigenvalue weighted by Gasteiger charge is 2.27. The van der Waals surface area contributed by atoms with Crippen molar-refractivity contribution in [1.29, 1.82) is 0 Å². The van der Waals surface area contributed by atoms with Crippen LogP contribution in [-0.4, -0.2) is 9.97 Å². The second-order valence-electron chi connectivity index (χ2n) is 4.75. The van der Waals surface area contributed by atoms with E-state index in [1.165, 1.54) is 6.07 Å². The first-order chi connectivity index (χ1) is 9.13. The third-order valence-corrected chi connectivity index (χ3v) is 3.05. The zero-order valence-electron chi connectivity index (χ0n) is 10.6. The first-order valence-electron chi connectivity index (χ1n) is 6.21. The van der Waals surface area contributed by atoms with E-state index < -0.39 is 0 Å². The monoisotopic (exact) mass is 259 g/mol. The Morgan fingerprint density at radius 1 is 1.32 bits per heavy atom. The number of halogens is 1. The molecule has 4 nitrogen and oxygen atoms in total. The lowest BCUT2D eigenvalue weighted by molar-refractivity contribution is 0.423. The highest BCUT2D eigenvalue weighted by Crippen LogP contribution is 2.39. The fraction of sp³-hybridized carbons (Fsp3) is 0.286. The predicted molar refractivity (Wildman–Crippen MR) is 69.6 cm³/mol. The van der Waals surface area contributed by atoms with E-state index in [9.17, 15) is 4.39 Å². The minimum absolute atomic E-state index is 0.153. The number of hydrogen-bond acceptors (Lipinski definition) is 4. The van der Waals surface area contributed by atoms with Crippen molar-refractivity contribution in [2.45, 2.75) is 25.7 Å². The molecule has 98 valence electrons. The van der Waals surface area contributed by atoms with Gasteiger partial charge >= 0.3 is 0 Å². The molecule has 0 bridgehead atoms. The molecule has 2 aromatic rings. The van der Waals surface area contributed by atoms with E-state index in [-0.39, 0.29) is 11.6 Å². The Morgan fingerprint density at radius 2 is 2.11 bits per heavy atom. The van der Waals surface area contributed by atoms with Crippen LogP contribution in [0.25, 0.3) is 0 Å². The fourth-order valence-electron chi connectivity index (χ4n) is 1.85. The van der Waals surface area contributed by atoms with Crippen LogP contribution >= 0.6 is 0 Å². The quantitative estimate of drug-likeness (QED) is 0.919. The standard InChI is InChI=1S/C14H14FN3O/c1-8-3-2-4-10(13(8)15)19-12-7-11(16)17-14(18-12)9-5-6-9/h2-4,7,9H,5-6H2,1H3,(H2,16,17,18). The first-order valence-corrected chi connectivity index (χ1v) is 6.21. The lowest BCUT2D eigenvalue weighted by Gasteiger charge is -2.09. The average Bonchev–Trinajstić information content (AvgIpc) is 3.18. The normalized spacial score (nSPS) is 14.4. The van der Waals surface area contributed by atoms with Gasteiger partial charge < -0.3 is 10.5 Å². The Morgan fingerprint density at radius 3 is 2.84 bits per heavy atom. The first kappa shape index (κ1) is 11.9. The minimum Gasteiger partial charge on any atom is -0.436 e. The minimum atomic E-state index is -0.382. The number of nitrogens with zero attached hydrogens (tertiary/aromatic N) is 2. The maximum absolute atomic E-state index is 13.9. The SMILES string of the molecule is Cc1cccc(Oc2cc(N)nc(C3CC3)n2)c1F. The summed E-state index contributed by atoms with van der Waals surface area (Å²) < 4.78 is 19.3. The average molecular weight is 259 g/mol. The molecule has 1 fully saturated rings. The number of nitrogens with two attached hydrogens (primary N) is 1. The van der Waals surface area contributed by atoms with Crippen molar-refractivity contribution in [3.8, 4) is 11.6 Å². The maximum Gasteiger partial charge on any atom is 0.224 e. The molecular weight excluding hydrogens is 245 g/mol. The van der Waals surface area contributed by atoms with Crippen molar-refractivity contribution in [2.75, 3.05) is 5.73 Å². The van der Waals surface area contributed by atoms with Gasteiger partial charge in [0.2, 0.25) is 5.88 Å². The summed E-state index contributed by atoms with van der Waals surface area (Å²) in [5.74, 6) is 1.46. The number of benzene rings is 1. The van der Waals surface area contributed by atoms with E-state index in [1.54, 1.807) is 25.1 Å². The van der Waals surface area contributed by atoms with Crippen LogP contribution in [0, 0.1) is 12.7 Å². The van der Waals surface area contributed by atoms with E-state index in [0.717, 1.165) is 12.8 Å². The molecule has 19 heavy (non-hydrogen) atoms. The Hall–Kier alpha value is -2.17. The van der Waals surface area contributed by atoms with Crippen molar-refractivity contribution in [2.24, 2.45) is 0 Å². The molecule has 0 aliphatic heterocycles. The van der Waals surface area contributed by atoms with Crippen LogP contribution in [0.1, 0.15) is 30.1 Å². The predicted octanol–water partition coefficient (Wildman–Crippen LogP) is 3.18. The van der Waals surface area contributed by atoms with E-state index in [2.05, 4.69) is 9.97 Å². The molecule has 2 N–H and O–H groups in total. The number of ether oxygens (including phenoxy) is 1. The molecule has 1 saturated carbocycles. The topological polar surface area (TPSA) is 61.0 Å². The summed E-state index contributed by atoms with van der Waals surface area (Å²) in [6.07, 6.45) is 2.14. The zero-order chi connectivity index (χ0) is 13.4. The van der Waals surface area contributed by atoms with Crippen LogP contribution in [0.2, 0.25) is 0 Å². The van der Waals surface area contributed by atoms with Crippen LogP contribution in [0.3, 0.4) is 0 Å². The van der Waals surface area contributed by atoms with Gasteiger partial charge in [-0.25, -0.2) is 9.37 Å². The number of aryl methyl sites for hydroxylation is 1. The van der Waals surface area contributed by atoms with Gasteiger partial charge in [0.05, 0.1) is 0 Å². The molecule has 1 aliphatic carbocycles. The van der Waals surface area contributed by atoms with Gasteiger partial charge in [0.25, 0.3) is 0 Å². The Labute approximate surface area is 110 Å². The Bertz CT molecular complexity index is 626. The highest BCUT2D eigenvalue weighted by molar-refractivity contribution is 5.38. The van der Waals surface area contributed by atoms with E-state index in [0.29, 0.717) is 29.0 Å². The van der Waals surface area contributed by atoms with Gasteiger partial charge in [0.15, 0.2) is 11.6 Å². The number of nitrogen functional groups attached to an aromatic ring is 1. The number of hydrogen-bond donors (Lipinski definition) is 1. The lowest BCUT2D eigenvalue weighted by atomic mass is 10.2. The molecule has 0 unspecified atom stereocenters. The summed E-state index contributed by atoms with van der Waals surface area (Å²) in [4.78, 5) is 8.45. The molecule has 0 radical (unpaired) electrons. The van der Waals surface area contributed by atoms with Crippen molar-refractivity contribution >= 4 is 5.82 Å². The number of anilines is 1. The van der Waals surface area contributed by atoms with Gasteiger partial charge in [-0.1, -0.05) is 12.1 Å². The van der Waals surface area contributed by atoms with Crippen molar-refractivity contribution in [1.82, 2.24) is 9.97 Å².